The molecule has 2 aromatic heterocycles. The number of nitrogen functional groups attached to an aromatic ring is 1. The number of halogens is 1. The van der Waals surface area contributed by atoms with Gasteiger partial charge in [0.05, 0.1) is 17.9 Å². The summed E-state index contributed by atoms with van der Waals surface area (Å²) >= 11 is 0. The van der Waals surface area contributed by atoms with Gasteiger partial charge in [-0.3, -0.25) is 9.97 Å². The number of hydrogen-bond donors (Lipinski definition) is 2. The van der Waals surface area contributed by atoms with Gasteiger partial charge in [0.15, 0.2) is 0 Å². The molecule has 2 aromatic rings. The maximum Gasteiger partial charge on any atom is 0.141 e. The Morgan fingerprint density at radius 2 is 2.16 bits per heavy atom. The summed E-state index contributed by atoms with van der Waals surface area (Å²) < 4.78 is 12.9. The zero-order chi connectivity index (χ0) is 13.7. The van der Waals surface area contributed by atoms with Gasteiger partial charge in [-0.15, -0.1) is 0 Å². The molecule has 2 heterocycles. The Bertz CT molecular complexity index is 527. The monoisotopic (exact) mass is 260 g/mol. The molecule has 2 rings (SSSR count). The molecule has 100 valence electrons. The number of nitrogens with two attached hydrogens (primary N) is 1. The first-order valence-corrected chi connectivity index (χ1v) is 6.24. The first-order chi connectivity index (χ1) is 9.20. The molecule has 0 aliphatic carbocycles. The summed E-state index contributed by atoms with van der Waals surface area (Å²) in [6.07, 6.45) is 5.32. The molecule has 4 nitrogen and oxygen atoms in total. The van der Waals surface area contributed by atoms with E-state index in [1.807, 2.05) is 6.92 Å². The van der Waals surface area contributed by atoms with Gasteiger partial charge in [0, 0.05) is 18.1 Å². The van der Waals surface area contributed by atoms with Crippen molar-refractivity contribution in [2.75, 3.05) is 12.3 Å². The normalized spacial score (nSPS) is 12.3. The van der Waals surface area contributed by atoms with Gasteiger partial charge in [-0.05, 0) is 36.7 Å². The highest BCUT2D eigenvalue weighted by atomic mass is 19.1. The van der Waals surface area contributed by atoms with E-state index in [1.165, 1.54) is 12.3 Å². The van der Waals surface area contributed by atoms with Crippen LogP contribution in [0.5, 0.6) is 0 Å². The summed E-state index contributed by atoms with van der Waals surface area (Å²) in [5.41, 5.74) is 8.38. The molecule has 0 aromatic carbocycles. The standard InChI is InChI=1S/C14H17FN4/c1-2-18-14(13-4-3-11(15)9-19-13)7-10-8-17-6-5-12(10)16/h3-6,8-9,14,18H,2,7H2,1H3,(H2,16,17). The summed E-state index contributed by atoms with van der Waals surface area (Å²) in [4.78, 5) is 8.20. The van der Waals surface area contributed by atoms with Crippen molar-refractivity contribution in [2.45, 2.75) is 19.4 Å². The maximum absolute atomic E-state index is 12.9. The molecule has 0 bridgehead atoms. The van der Waals surface area contributed by atoms with Gasteiger partial charge in [-0.25, -0.2) is 4.39 Å². The third-order valence-corrected chi connectivity index (χ3v) is 2.92. The number of pyridine rings is 2. The van der Waals surface area contributed by atoms with Crippen molar-refractivity contribution in [3.8, 4) is 0 Å². The summed E-state index contributed by atoms with van der Waals surface area (Å²) in [6, 6.07) is 4.88. The molecule has 0 saturated heterocycles. The van der Waals surface area contributed by atoms with E-state index >= 15 is 0 Å². The molecule has 0 spiro atoms. The number of nitrogens with zero attached hydrogens (tertiary/aromatic N) is 2. The number of aromatic nitrogens is 2. The highest BCUT2D eigenvalue weighted by Gasteiger charge is 2.14. The lowest BCUT2D eigenvalue weighted by Gasteiger charge is -2.18. The van der Waals surface area contributed by atoms with E-state index in [0.717, 1.165) is 17.8 Å². The van der Waals surface area contributed by atoms with Crippen LogP contribution in [0.3, 0.4) is 0 Å². The Balaban J connectivity index is 2.21. The predicted octanol–water partition coefficient (Wildman–Crippen LogP) is 2.09. The van der Waals surface area contributed by atoms with Crippen LogP contribution in [0, 0.1) is 5.82 Å². The van der Waals surface area contributed by atoms with Crippen molar-refractivity contribution in [1.82, 2.24) is 15.3 Å². The Kier molecular flexibility index (Phi) is 4.41. The Morgan fingerprint density at radius 1 is 1.32 bits per heavy atom. The summed E-state index contributed by atoms with van der Waals surface area (Å²) in [5.74, 6) is -0.333. The van der Waals surface area contributed by atoms with Crippen LogP contribution in [0.2, 0.25) is 0 Å². The van der Waals surface area contributed by atoms with Crippen LogP contribution < -0.4 is 11.1 Å². The summed E-state index contributed by atoms with van der Waals surface area (Å²) in [6.45, 7) is 2.81. The van der Waals surface area contributed by atoms with E-state index in [0.29, 0.717) is 12.1 Å². The third-order valence-electron chi connectivity index (χ3n) is 2.92. The quantitative estimate of drug-likeness (QED) is 0.864. The summed E-state index contributed by atoms with van der Waals surface area (Å²) in [7, 11) is 0. The Hall–Kier alpha value is -2.01. The molecule has 0 fully saturated rings. The third kappa shape index (κ3) is 3.48. The van der Waals surface area contributed by atoms with Crippen LogP contribution >= 0.6 is 0 Å². The highest BCUT2D eigenvalue weighted by molar-refractivity contribution is 5.45. The van der Waals surface area contributed by atoms with Crippen molar-refractivity contribution in [2.24, 2.45) is 0 Å². The first kappa shape index (κ1) is 13.4. The number of anilines is 1. The molecular weight excluding hydrogens is 243 g/mol. The van der Waals surface area contributed by atoms with Gasteiger partial charge in [0.2, 0.25) is 0 Å². The number of nitrogens with one attached hydrogen (secondary N) is 1. The fourth-order valence-corrected chi connectivity index (χ4v) is 1.95. The number of likely N-dealkylation sites (N-methyl/N-ethyl adjacent to an activating group) is 1. The summed E-state index contributed by atoms with van der Waals surface area (Å²) in [5, 5.41) is 3.33. The van der Waals surface area contributed by atoms with Gasteiger partial charge < -0.3 is 11.1 Å². The van der Waals surface area contributed by atoms with Crippen molar-refractivity contribution in [3.05, 3.63) is 53.9 Å². The maximum atomic E-state index is 12.9. The molecule has 0 aliphatic rings. The van der Waals surface area contributed by atoms with E-state index in [9.17, 15) is 4.39 Å². The molecule has 5 heteroatoms. The first-order valence-electron chi connectivity index (χ1n) is 6.24. The highest BCUT2D eigenvalue weighted by Crippen LogP contribution is 2.20. The lowest BCUT2D eigenvalue weighted by Crippen LogP contribution is -2.24. The second kappa shape index (κ2) is 6.24. The minimum absolute atomic E-state index is 0.00269. The second-order valence-electron chi connectivity index (χ2n) is 4.29. The SMILES string of the molecule is CCNC(Cc1cnccc1N)c1ccc(F)cn1. The largest absolute Gasteiger partial charge is 0.398 e. The average molecular weight is 260 g/mol. The Labute approximate surface area is 111 Å². The Morgan fingerprint density at radius 3 is 2.79 bits per heavy atom. The molecular formula is C14H17FN4. The van der Waals surface area contributed by atoms with Crippen molar-refractivity contribution in [3.63, 3.8) is 0 Å². The lowest BCUT2D eigenvalue weighted by molar-refractivity contribution is 0.531. The van der Waals surface area contributed by atoms with Gasteiger partial charge in [0.1, 0.15) is 5.82 Å². The van der Waals surface area contributed by atoms with Crippen LogP contribution in [0.1, 0.15) is 24.2 Å². The minimum Gasteiger partial charge on any atom is -0.398 e. The zero-order valence-electron chi connectivity index (χ0n) is 10.8. The van der Waals surface area contributed by atoms with E-state index < -0.39 is 0 Å². The van der Waals surface area contributed by atoms with Crippen LogP contribution in [-0.2, 0) is 6.42 Å². The van der Waals surface area contributed by atoms with E-state index in [-0.39, 0.29) is 11.9 Å². The van der Waals surface area contributed by atoms with E-state index in [4.69, 9.17) is 5.73 Å². The van der Waals surface area contributed by atoms with E-state index in [2.05, 4.69) is 15.3 Å². The molecule has 0 radical (unpaired) electrons. The molecule has 1 unspecified atom stereocenters. The second-order valence-corrected chi connectivity index (χ2v) is 4.29. The topological polar surface area (TPSA) is 63.8 Å². The number of hydrogen-bond acceptors (Lipinski definition) is 4. The van der Waals surface area contributed by atoms with Crippen LogP contribution in [0.4, 0.5) is 10.1 Å². The van der Waals surface area contributed by atoms with Crippen LogP contribution in [0.25, 0.3) is 0 Å². The average Bonchev–Trinajstić information content (AvgIpc) is 2.42. The number of rotatable bonds is 5. The molecule has 3 N–H and O–H groups in total. The van der Waals surface area contributed by atoms with Crippen molar-refractivity contribution >= 4 is 5.69 Å². The smallest absolute Gasteiger partial charge is 0.141 e. The molecule has 0 aliphatic heterocycles. The van der Waals surface area contributed by atoms with Gasteiger partial charge in [-0.2, -0.15) is 0 Å². The molecule has 19 heavy (non-hydrogen) atoms. The van der Waals surface area contributed by atoms with Crippen molar-refractivity contribution < 1.29 is 4.39 Å². The molecule has 0 saturated carbocycles. The van der Waals surface area contributed by atoms with Gasteiger partial charge in [0.25, 0.3) is 0 Å². The van der Waals surface area contributed by atoms with Gasteiger partial charge in [-0.1, -0.05) is 6.92 Å². The van der Waals surface area contributed by atoms with Crippen LogP contribution in [-0.4, -0.2) is 16.5 Å². The van der Waals surface area contributed by atoms with E-state index in [1.54, 1.807) is 24.5 Å². The predicted molar refractivity (Wildman–Crippen MR) is 73.0 cm³/mol. The minimum atomic E-state index is -0.333. The molecule has 1 atom stereocenters. The molecule has 0 amide bonds. The van der Waals surface area contributed by atoms with Gasteiger partial charge >= 0.3 is 0 Å². The fourth-order valence-electron chi connectivity index (χ4n) is 1.95. The van der Waals surface area contributed by atoms with Crippen molar-refractivity contribution in [1.29, 1.82) is 0 Å². The zero-order valence-corrected chi connectivity index (χ0v) is 10.8. The lowest BCUT2D eigenvalue weighted by atomic mass is 10.0. The van der Waals surface area contributed by atoms with Crippen LogP contribution in [0.15, 0.2) is 36.8 Å². The fraction of sp³-hybridized carbons (Fsp3) is 0.286.